The van der Waals surface area contributed by atoms with Gasteiger partial charge in [-0.1, -0.05) is 11.8 Å². The Morgan fingerprint density at radius 3 is 2.42 bits per heavy atom. The Bertz CT molecular complexity index is 186. The van der Waals surface area contributed by atoms with Crippen molar-refractivity contribution in [3.8, 4) is 0 Å². The highest BCUT2D eigenvalue weighted by atomic mass is 32.2. The molecular formula is C7H15N3OS. The molecule has 70 valence electrons. The molecule has 4 N–H and O–H groups in total. The maximum absolute atomic E-state index is 11.1. The first-order chi connectivity index (χ1) is 5.31. The van der Waals surface area contributed by atoms with Crippen LogP contribution in [0.4, 0.5) is 0 Å². The van der Waals surface area contributed by atoms with Crippen LogP contribution in [0.1, 0.15) is 20.8 Å². The summed E-state index contributed by atoms with van der Waals surface area (Å²) in [7, 11) is 0. The lowest BCUT2D eigenvalue weighted by atomic mass is 10.1. The van der Waals surface area contributed by atoms with Crippen molar-refractivity contribution in [1.82, 2.24) is 5.32 Å². The smallest absolute Gasteiger partial charge is 0.230 e. The minimum absolute atomic E-state index is 0.0286. The summed E-state index contributed by atoms with van der Waals surface area (Å²) in [5.41, 5.74) is 4.86. The average Bonchev–Trinajstić information content (AvgIpc) is 1.79. The lowest BCUT2D eigenvalue weighted by Crippen LogP contribution is -2.41. The first kappa shape index (κ1) is 11.3. The van der Waals surface area contributed by atoms with Crippen LogP contribution in [0, 0.1) is 5.41 Å². The van der Waals surface area contributed by atoms with Gasteiger partial charge in [0.2, 0.25) is 5.91 Å². The van der Waals surface area contributed by atoms with Gasteiger partial charge in [0, 0.05) is 5.54 Å². The van der Waals surface area contributed by atoms with Crippen LogP contribution in [-0.2, 0) is 4.79 Å². The van der Waals surface area contributed by atoms with E-state index in [1.165, 1.54) is 0 Å². The van der Waals surface area contributed by atoms with Crippen molar-refractivity contribution in [3.63, 3.8) is 0 Å². The Labute approximate surface area is 76.8 Å². The third-order valence-electron chi connectivity index (χ3n) is 0.873. The highest BCUT2D eigenvalue weighted by Crippen LogP contribution is 2.01. The minimum atomic E-state index is -0.214. The van der Waals surface area contributed by atoms with Gasteiger partial charge in [-0.25, -0.2) is 0 Å². The third kappa shape index (κ3) is 7.40. The Balaban J connectivity index is 3.68. The molecular weight excluding hydrogens is 174 g/mol. The van der Waals surface area contributed by atoms with Gasteiger partial charge in [0.15, 0.2) is 5.17 Å². The van der Waals surface area contributed by atoms with Crippen LogP contribution in [0.15, 0.2) is 0 Å². The van der Waals surface area contributed by atoms with Crippen molar-refractivity contribution in [2.75, 3.05) is 5.75 Å². The van der Waals surface area contributed by atoms with Gasteiger partial charge in [0.05, 0.1) is 5.75 Å². The third-order valence-corrected chi connectivity index (χ3v) is 1.59. The van der Waals surface area contributed by atoms with Crippen molar-refractivity contribution in [2.45, 2.75) is 26.3 Å². The number of thioether (sulfide) groups is 1. The maximum Gasteiger partial charge on any atom is 0.230 e. The van der Waals surface area contributed by atoms with E-state index in [9.17, 15) is 4.79 Å². The molecule has 0 rings (SSSR count). The molecule has 0 aliphatic heterocycles. The van der Waals surface area contributed by atoms with E-state index in [-0.39, 0.29) is 22.4 Å². The van der Waals surface area contributed by atoms with E-state index in [1.807, 2.05) is 20.8 Å². The first-order valence-corrected chi connectivity index (χ1v) is 4.57. The van der Waals surface area contributed by atoms with Crippen LogP contribution < -0.4 is 11.1 Å². The predicted molar refractivity (Wildman–Crippen MR) is 52.3 cm³/mol. The summed E-state index contributed by atoms with van der Waals surface area (Å²) in [6, 6.07) is 0. The quantitative estimate of drug-likeness (QED) is 0.438. The number of carbonyl (C=O) groups is 1. The van der Waals surface area contributed by atoms with Crippen molar-refractivity contribution >= 4 is 22.8 Å². The van der Waals surface area contributed by atoms with Crippen molar-refractivity contribution < 1.29 is 4.79 Å². The Kier molecular flexibility index (Phi) is 4.09. The van der Waals surface area contributed by atoms with Gasteiger partial charge in [-0.2, -0.15) is 0 Å². The van der Waals surface area contributed by atoms with Gasteiger partial charge < -0.3 is 11.1 Å². The molecule has 0 atom stereocenters. The molecule has 0 fully saturated rings. The summed E-state index contributed by atoms with van der Waals surface area (Å²) in [5.74, 6) is 0.120. The lowest BCUT2D eigenvalue weighted by molar-refractivity contribution is -0.119. The van der Waals surface area contributed by atoms with E-state index in [2.05, 4.69) is 5.32 Å². The van der Waals surface area contributed by atoms with E-state index in [0.717, 1.165) is 11.8 Å². The highest BCUT2D eigenvalue weighted by molar-refractivity contribution is 8.14. The summed E-state index contributed by atoms with van der Waals surface area (Å²) in [6.45, 7) is 5.72. The van der Waals surface area contributed by atoms with Crippen LogP contribution in [-0.4, -0.2) is 22.4 Å². The molecule has 0 unspecified atom stereocenters. The normalized spacial score (nSPS) is 10.9. The second kappa shape index (κ2) is 4.35. The van der Waals surface area contributed by atoms with Gasteiger partial charge in [-0.3, -0.25) is 10.2 Å². The number of nitrogens with two attached hydrogens (primary N) is 1. The summed E-state index contributed by atoms with van der Waals surface area (Å²) in [6.07, 6.45) is 0. The van der Waals surface area contributed by atoms with Gasteiger partial charge in [-0.05, 0) is 20.8 Å². The van der Waals surface area contributed by atoms with Crippen LogP contribution >= 0.6 is 11.8 Å². The summed E-state index contributed by atoms with van der Waals surface area (Å²) in [4.78, 5) is 11.1. The van der Waals surface area contributed by atoms with Crippen LogP contribution in [0.3, 0.4) is 0 Å². The van der Waals surface area contributed by atoms with Gasteiger partial charge in [0.1, 0.15) is 0 Å². The predicted octanol–water partition coefficient (Wildman–Crippen LogP) is 0.528. The number of rotatable bonds is 2. The zero-order valence-corrected chi connectivity index (χ0v) is 8.42. The second-order valence-corrected chi connectivity index (χ2v) is 4.47. The molecule has 0 heterocycles. The Hall–Kier alpha value is -0.710. The molecule has 0 aliphatic rings. The van der Waals surface area contributed by atoms with Crippen molar-refractivity contribution in [1.29, 1.82) is 5.41 Å². The fourth-order valence-electron chi connectivity index (χ4n) is 0.598. The van der Waals surface area contributed by atoms with Crippen LogP contribution in [0.25, 0.3) is 0 Å². The largest absolute Gasteiger partial charge is 0.379 e. The monoisotopic (exact) mass is 189 g/mol. The number of amidine groups is 1. The van der Waals surface area contributed by atoms with Crippen LogP contribution in [0.5, 0.6) is 0 Å². The summed E-state index contributed by atoms with van der Waals surface area (Å²) >= 11 is 1.03. The number of amides is 1. The van der Waals surface area contributed by atoms with Gasteiger partial charge in [-0.15, -0.1) is 0 Å². The SMILES string of the molecule is CC(C)(C)NC(=O)CSC(=N)N. The number of hydrogen-bond acceptors (Lipinski definition) is 3. The van der Waals surface area contributed by atoms with E-state index < -0.39 is 0 Å². The van der Waals surface area contributed by atoms with E-state index in [4.69, 9.17) is 11.1 Å². The number of carbonyl (C=O) groups excluding carboxylic acids is 1. The van der Waals surface area contributed by atoms with Crippen LogP contribution in [0.2, 0.25) is 0 Å². The zero-order valence-electron chi connectivity index (χ0n) is 7.60. The number of nitrogens with one attached hydrogen (secondary N) is 2. The molecule has 0 aromatic carbocycles. The van der Waals surface area contributed by atoms with E-state index in [0.29, 0.717) is 0 Å². The average molecular weight is 189 g/mol. The van der Waals surface area contributed by atoms with E-state index >= 15 is 0 Å². The molecule has 0 radical (unpaired) electrons. The summed E-state index contributed by atoms with van der Waals surface area (Å²) < 4.78 is 0. The lowest BCUT2D eigenvalue weighted by Gasteiger charge is -2.20. The molecule has 0 bridgehead atoms. The molecule has 4 nitrogen and oxygen atoms in total. The molecule has 0 aliphatic carbocycles. The minimum Gasteiger partial charge on any atom is -0.379 e. The zero-order chi connectivity index (χ0) is 9.78. The second-order valence-electron chi connectivity index (χ2n) is 3.45. The topological polar surface area (TPSA) is 79.0 Å². The fraction of sp³-hybridized carbons (Fsp3) is 0.714. The molecule has 0 spiro atoms. The fourth-order valence-corrected chi connectivity index (χ4v) is 0.956. The molecule has 1 amide bonds. The van der Waals surface area contributed by atoms with E-state index in [1.54, 1.807) is 0 Å². The maximum atomic E-state index is 11.1. The Morgan fingerprint density at radius 2 is 2.08 bits per heavy atom. The summed E-state index contributed by atoms with van der Waals surface area (Å²) in [5, 5.41) is 9.61. The number of hydrogen-bond donors (Lipinski definition) is 3. The Morgan fingerprint density at radius 1 is 1.58 bits per heavy atom. The van der Waals surface area contributed by atoms with Gasteiger partial charge in [0.25, 0.3) is 0 Å². The first-order valence-electron chi connectivity index (χ1n) is 3.59. The molecule has 12 heavy (non-hydrogen) atoms. The molecule has 0 aromatic rings. The molecule has 5 heteroatoms. The van der Waals surface area contributed by atoms with Crippen molar-refractivity contribution in [2.24, 2.45) is 5.73 Å². The van der Waals surface area contributed by atoms with Gasteiger partial charge >= 0.3 is 0 Å². The highest BCUT2D eigenvalue weighted by Gasteiger charge is 2.13. The molecule has 0 saturated heterocycles. The molecule has 0 saturated carbocycles. The van der Waals surface area contributed by atoms with Crippen molar-refractivity contribution in [3.05, 3.63) is 0 Å². The standard InChI is InChI=1S/C7H15N3OS/c1-7(2,3)10-5(11)4-12-6(8)9/h4H2,1-3H3,(H3,8,9)(H,10,11). The molecule has 0 aromatic heterocycles.